The van der Waals surface area contributed by atoms with Gasteiger partial charge >= 0.3 is 0 Å². The molecule has 8 heteroatoms. The molecule has 2 aromatic heterocycles. The van der Waals surface area contributed by atoms with Crippen LogP contribution in [0.5, 0.6) is 0 Å². The van der Waals surface area contributed by atoms with Crippen molar-refractivity contribution in [1.29, 1.82) is 0 Å². The quantitative estimate of drug-likeness (QED) is 0.906. The van der Waals surface area contributed by atoms with Crippen LogP contribution in [0.15, 0.2) is 0 Å². The van der Waals surface area contributed by atoms with E-state index in [9.17, 15) is 4.79 Å². The Bertz CT molecular complexity index is 705. The molecule has 0 fully saturated rings. The van der Waals surface area contributed by atoms with Crippen LogP contribution in [-0.2, 0) is 17.9 Å². The van der Waals surface area contributed by atoms with Gasteiger partial charge in [0.05, 0.1) is 39.4 Å². The van der Waals surface area contributed by atoms with Crippen LogP contribution in [0.25, 0.3) is 0 Å². The third kappa shape index (κ3) is 3.44. The molecule has 22 heavy (non-hydrogen) atoms. The molecule has 0 aliphatic carbocycles. The lowest BCUT2D eigenvalue weighted by Crippen LogP contribution is -2.31. The first kappa shape index (κ1) is 16.8. The van der Waals surface area contributed by atoms with Crippen LogP contribution in [0.4, 0.5) is 0 Å². The van der Waals surface area contributed by atoms with Crippen molar-refractivity contribution in [3.63, 3.8) is 0 Å². The van der Waals surface area contributed by atoms with Crippen LogP contribution in [-0.4, -0.2) is 32.0 Å². The van der Waals surface area contributed by atoms with Gasteiger partial charge < -0.3 is 5.32 Å². The molecule has 2 rings (SSSR count). The second-order valence-corrected chi connectivity index (χ2v) is 5.96. The van der Waals surface area contributed by atoms with Crippen molar-refractivity contribution in [1.82, 2.24) is 24.9 Å². The first-order valence-electron chi connectivity index (χ1n) is 6.97. The monoisotopic (exact) mass is 343 g/mol. The Morgan fingerprint density at radius 3 is 1.95 bits per heavy atom. The molecule has 120 valence electrons. The van der Waals surface area contributed by atoms with Gasteiger partial charge in [-0.25, -0.2) is 0 Å². The highest BCUT2D eigenvalue weighted by Crippen LogP contribution is 2.19. The normalized spacial score (nSPS) is 11.0. The molecule has 0 aliphatic heterocycles. The summed E-state index contributed by atoms with van der Waals surface area (Å²) < 4.78 is 3.39. The van der Waals surface area contributed by atoms with Crippen LogP contribution >= 0.6 is 23.2 Å². The number of halogens is 2. The molecule has 0 saturated carbocycles. The number of aromatic nitrogens is 4. The number of rotatable bonds is 5. The minimum absolute atomic E-state index is 0.116. The maximum Gasteiger partial charge on any atom is 0.241 e. The molecule has 1 N–H and O–H groups in total. The summed E-state index contributed by atoms with van der Waals surface area (Å²) in [5.74, 6) is -0.116. The van der Waals surface area contributed by atoms with Crippen molar-refractivity contribution in [2.75, 3.05) is 6.54 Å². The second kappa shape index (κ2) is 6.71. The topological polar surface area (TPSA) is 64.7 Å². The maximum absolute atomic E-state index is 12.0. The van der Waals surface area contributed by atoms with Gasteiger partial charge in [0.25, 0.3) is 0 Å². The highest BCUT2D eigenvalue weighted by molar-refractivity contribution is 6.32. The van der Waals surface area contributed by atoms with E-state index >= 15 is 0 Å². The van der Waals surface area contributed by atoms with E-state index in [1.807, 2.05) is 27.7 Å². The largest absolute Gasteiger partial charge is 0.353 e. The number of nitrogens with zero attached hydrogens (tertiary/aromatic N) is 4. The third-order valence-corrected chi connectivity index (χ3v) is 4.62. The van der Waals surface area contributed by atoms with Gasteiger partial charge in [0.15, 0.2) is 0 Å². The van der Waals surface area contributed by atoms with Crippen molar-refractivity contribution >= 4 is 29.1 Å². The Labute approximate surface area is 139 Å². The van der Waals surface area contributed by atoms with Crippen LogP contribution in [0.3, 0.4) is 0 Å². The molecule has 0 saturated heterocycles. The lowest BCUT2D eigenvalue weighted by molar-refractivity contribution is -0.121. The average molecular weight is 344 g/mol. The smallest absolute Gasteiger partial charge is 0.241 e. The summed E-state index contributed by atoms with van der Waals surface area (Å²) in [5.41, 5.74) is 3.21. The average Bonchev–Trinajstić information content (AvgIpc) is 2.85. The Hall–Kier alpha value is -1.53. The Morgan fingerprint density at radius 1 is 1.00 bits per heavy atom. The van der Waals surface area contributed by atoms with Gasteiger partial charge in [0, 0.05) is 6.54 Å². The molecule has 0 aliphatic rings. The molecule has 1 amide bonds. The van der Waals surface area contributed by atoms with Gasteiger partial charge in [0.1, 0.15) is 6.54 Å². The maximum atomic E-state index is 12.0. The van der Waals surface area contributed by atoms with Gasteiger partial charge in [-0.1, -0.05) is 23.2 Å². The molecular formula is C14H19Cl2N5O. The Balaban J connectivity index is 1.88. The van der Waals surface area contributed by atoms with Gasteiger partial charge in [-0.3, -0.25) is 14.2 Å². The molecule has 0 atom stereocenters. The Morgan fingerprint density at radius 2 is 1.50 bits per heavy atom. The van der Waals surface area contributed by atoms with E-state index in [2.05, 4.69) is 15.5 Å². The lowest BCUT2D eigenvalue weighted by atomic mass is 10.4. The number of nitrogens with one attached hydrogen (secondary N) is 1. The zero-order chi connectivity index (χ0) is 16.4. The number of carbonyl (C=O) groups excluding carboxylic acids is 1. The summed E-state index contributed by atoms with van der Waals surface area (Å²) in [6, 6.07) is 0. The molecular weight excluding hydrogens is 325 g/mol. The summed E-state index contributed by atoms with van der Waals surface area (Å²) >= 11 is 12.1. The van der Waals surface area contributed by atoms with E-state index in [0.29, 0.717) is 23.1 Å². The molecule has 2 heterocycles. The molecule has 6 nitrogen and oxygen atoms in total. The fourth-order valence-corrected chi connectivity index (χ4v) is 2.49. The van der Waals surface area contributed by atoms with Crippen LogP contribution in [0.2, 0.25) is 10.0 Å². The van der Waals surface area contributed by atoms with Crippen molar-refractivity contribution in [2.24, 2.45) is 0 Å². The van der Waals surface area contributed by atoms with E-state index in [1.165, 1.54) is 0 Å². The van der Waals surface area contributed by atoms with Gasteiger partial charge in [-0.05, 0) is 27.7 Å². The van der Waals surface area contributed by atoms with E-state index in [1.54, 1.807) is 9.36 Å². The summed E-state index contributed by atoms with van der Waals surface area (Å²) in [6.07, 6.45) is 0. The summed E-state index contributed by atoms with van der Waals surface area (Å²) in [7, 11) is 0. The molecule has 0 spiro atoms. The number of carbonyl (C=O) groups is 1. The number of hydrogen-bond donors (Lipinski definition) is 1. The molecule has 0 unspecified atom stereocenters. The molecule has 0 bridgehead atoms. The van der Waals surface area contributed by atoms with E-state index in [4.69, 9.17) is 23.2 Å². The molecule has 0 aromatic carbocycles. The van der Waals surface area contributed by atoms with Crippen molar-refractivity contribution in [3.05, 3.63) is 32.8 Å². The standard InChI is InChI=1S/C14H19Cl2N5O/c1-8-13(15)10(3)20(18-8)6-5-17-12(22)7-21-11(4)14(16)9(2)19-21/h5-7H2,1-4H3,(H,17,22). The summed E-state index contributed by atoms with van der Waals surface area (Å²) in [5, 5.41) is 12.7. The lowest BCUT2D eigenvalue weighted by Gasteiger charge is -2.08. The third-order valence-electron chi connectivity index (χ3n) is 3.53. The van der Waals surface area contributed by atoms with Gasteiger partial charge in [0.2, 0.25) is 5.91 Å². The molecule has 2 aromatic rings. The van der Waals surface area contributed by atoms with Crippen molar-refractivity contribution < 1.29 is 4.79 Å². The first-order chi connectivity index (χ1) is 10.3. The number of amides is 1. The fraction of sp³-hybridized carbons (Fsp3) is 0.500. The SMILES string of the molecule is Cc1nn(CCNC(=O)Cn2nc(C)c(Cl)c2C)c(C)c1Cl. The van der Waals surface area contributed by atoms with E-state index < -0.39 is 0 Å². The van der Waals surface area contributed by atoms with E-state index in [-0.39, 0.29) is 12.5 Å². The van der Waals surface area contributed by atoms with Gasteiger partial charge in [-0.2, -0.15) is 10.2 Å². The number of hydrogen-bond acceptors (Lipinski definition) is 3. The highest BCUT2D eigenvalue weighted by atomic mass is 35.5. The minimum atomic E-state index is -0.116. The fourth-order valence-electron chi connectivity index (χ4n) is 2.21. The Kier molecular flexibility index (Phi) is 5.13. The minimum Gasteiger partial charge on any atom is -0.353 e. The predicted octanol–water partition coefficient (Wildman–Crippen LogP) is 2.44. The highest BCUT2D eigenvalue weighted by Gasteiger charge is 2.12. The summed E-state index contributed by atoms with van der Waals surface area (Å²) in [4.78, 5) is 12.0. The van der Waals surface area contributed by atoms with Crippen LogP contribution in [0.1, 0.15) is 22.8 Å². The first-order valence-corrected chi connectivity index (χ1v) is 7.72. The second-order valence-electron chi connectivity index (χ2n) is 5.20. The molecule has 0 radical (unpaired) electrons. The number of aryl methyl sites for hydroxylation is 2. The van der Waals surface area contributed by atoms with Crippen molar-refractivity contribution in [3.8, 4) is 0 Å². The summed E-state index contributed by atoms with van der Waals surface area (Å²) in [6.45, 7) is 8.62. The zero-order valence-corrected chi connectivity index (χ0v) is 14.6. The van der Waals surface area contributed by atoms with Gasteiger partial charge in [-0.15, -0.1) is 0 Å². The zero-order valence-electron chi connectivity index (χ0n) is 13.1. The van der Waals surface area contributed by atoms with Crippen molar-refractivity contribution in [2.45, 2.75) is 40.8 Å². The van der Waals surface area contributed by atoms with Crippen LogP contribution in [0, 0.1) is 27.7 Å². The van der Waals surface area contributed by atoms with Crippen LogP contribution < -0.4 is 5.32 Å². The predicted molar refractivity (Wildman–Crippen MR) is 86.4 cm³/mol. The van der Waals surface area contributed by atoms with E-state index in [0.717, 1.165) is 22.8 Å².